The molecule has 0 fully saturated rings. The van der Waals surface area contributed by atoms with E-state index in [1.54, 1.807) is 12.4 Å². The van der Waals surface area contributed by atoms with E-state index in [0.29, 0.717) is 28.9 Å². The number of hydrogen-bond acceptors (Lipinski definition) is 6. The molecule has 2 aliphatic rings. The zero-order chi connectivity index (χ0) is 31.9. The number of anilines is 1. The number of aromatic nitrogens is 5. The molecule has 4 aromatic carbocycles. The maximum atomic E-state index is 4.93. The summed E-state index contributed by atoms with van der Waals surface area (Å²) in [5, 5.41) is 0. The van der Waals surface area contributed by atoms with E-state index in [-0.39, 0.29) is 6.85 Å². The predicted molar refractivity (Wildman–Crippen MR) is 194 cm³/mol. The molecule has 0 bridgehead atoms. The normalized spacial score (nSPS) is 12.8. The van der Waals surface area contributed by atoms with Crippen molar-refractivity contribution in [2.75, 3.05) is 4.81 Å². The first-order valence-corrected chi connectivity index (χ1v) is 16.0. The highest BCUT2D eigenvalue weighted by molar-refractivity contribution is 6.83. The summed E-state index contributed by atoms with van der Waals surface area (Å²) in [7, 11) is 0. The van der Waals surface area contributed by atoms with Gasteiger partial charge in [-0.15, -0.1) is 0 Å². The fourth-order valence-electron chi connectivity index (χ4n) is 6.64. The molecule has 0 amide bonds. The molecular weight excluding hydrogens is 587 g/mol. The number of pyridine rings is 2. The van der Waals surface area contributed by atoms with Crippen molar-refractivity contribution in [3.63, 3.8) is 0 Å². The lowest BCUT2D eigenvalue weighted by Gasteiger charge is -2.36. The maximum Gasteiger partial charge on any atom is 0.320 e. The Hall–Kier alpha value is -6.47. The van der Waals surface area contributed by atoms with Crippen molar-refractivity contribution in [1.82, 2.24) is 24.9 Å². The summed E-state index contributed by atoms with van der Waals surface area (Å²) < 4.78 is 0. The summed E-state index contributed by atoms with van der Waals surface area (Å²) in [5.74, 6) is 3.83. The number of allylic oxidation sites excluding steroid dienone is 2. The molecule has 0 saturated carbocycles. The molecule has 5 heterocycles. The molecule has 9 rings (SSSR count). The second kappa shape index (κ2) is 11.7. The Balaban J connectivity index is 1.21. The molecule has 7 aromatic rings. The molecule has 0 saturated heterocycles. The number of nitrogens with zero attached hydrogens (tertiary/aromatic N) is 6. The Bertz CT molecular complexity index is 2300. The molecule has 6 nitrogen and oxygen atoms in total. The number of fused-ring (bicyclic) bond motifs is 6. The Kier molecular flexibility index (Phi) is 6.79. The predicted octanol–water partition coefficient (Wildman–Crippen LogP) is 8.30. The van der Waals surface area contributed by atoms with Gasteiger partial charge in [0.05, 0.1) is 0 Å². The third-order valence-electron chi connectivity index (χ3n) is 8.89. The third-order valence-corrected chi connectivity index (χ3v) is 8.89. The van der Waals surface area contributed by atoms with Crippen LogP contribution < -0.4 is 10.3 Å². The number of rotatable bonds is 5. The van der Waals surface area contributed by atoms with Crippen molar-refractivity contribution < 1.29 is 0 Å². The van der Waals surface area contributed by atoms with Crippen LogP contribution in [-0.4, -0.2) is 31.8 Å². The molecule has 0 spiro atoms. The SMILES string of the molecule is C1=CB2c3ccccc3-c3cc(-c4ccc(-c5nc(-c6ccccn6)nc(-c6ccccn6)n5)cc4-c4ccccc4)ccc3N2C=C1. The van der Waals surface area contributed by atoms with E-state index in [1.807, 2.05) is 42.5 Å². The smallest absolute Gasteiger partial charge is 0.320 e. The molecule has 0 unspecified atom stereocenters. The van der Waals surface area contributed by atoms with Crippen LogP contribution in [0.5, 0.6) is 0 Å². The minimum atomic E-state index is 0.191. The van der Waals surface area contributed by atoms with Crippen molar-refractivity contribution in [2.45, 2.75) is 0 Å². The van der Waals surface area contributed by atoms with Gasteiger partial charge in [0.2, 0.25) is 0 Å². The molecule has 48 heavy (non-hydrogen) atoms. The van der Waals surface area contributed by atoms with Gasteiger partial charge in [0.1, 0.15) is 11.4 Å². The van der Waals surface area contributed by atoms with E-state index in [2.05, 4.69) is 124 Å². The summed E-state index contributed by atoms with van der Waals surface area (Å²) in [5.41, 5.74) is 11.7. The Morgan fingerprint density at radius 1 is 0.458 bits per heavy atom. The fraction of sp³-hybridized carbons (Fsp3) is 0. The van der Waals surface area contributed by atoms with Crippen LogP contribution in [0.1, 0.15) is 0 Å². The van der Waals surface area contributed by atoms with E-state index in [1.165, 1.54) is 22.3 Å². The van der Waals surface area contributed by atoms with Gasteiger partial charge in [0, 0.05) is 29.2 Å². The molecule has 0 N–H and O–H groups in total. The van der Waals surface area contributed by atoms with Gasteiger partial charge in [0.15, 0.2) is 17.5 Å². The van der Waals surface area contributed by atoms with Crippen LogP contribution in [0.2, 0.25) is 0 Å². The maximum absolute atomic E-state index is 4.93. The van der Waals surface area contributed by atoms with E-state index in [4.69, 9.17) is 15.0 Å². The summed E-state index contributed by atoms with van der Waals surface area (Å²) in [6, 6.07) is 44.0. The summed E-state index contributed by atoms with van der Waals surface area (Å²) in [6.45, 7) is 0.191. The minimum absolute atomic E-state index is 0.191. The van der Waals surface area contributed by atoms with Crippen molar-refractivity contribution in [1.29, 1.82) is 0 Å². The Morgan fingerprint density at radius 3 is 1.88 bits per heavy atom. The standard InChI is InChI=1S/C41H27BN6/c1-2-12-28(13-3-1)33-27-30(39-45-40(36-16-6-9-23-43-36)47-41(46-39)37-17-7-10-24-44-37)18-20-31(33)29-19-21-38-34(26-29)32-14-4-5-15-35(32)42-22-8-11-25-48(38)42/h1-27H. The monoisotopic (exact) mass is 614 g/mol. The van der Waals surface area contributed by atoms with Crippen molar-refractivity contribution in [2.24, 2.45) is 0 Å². The highest BCUT2D eigenvalue weighted by Crippen LogP contribution is 2.42. The molecule has 2 aliphatic heterocycles. The van der Waals surface area contributed by atoms with Crippen LogP contribution in [0.4, 0.5) is 5.69 Å². The van der Waals surface area contributed by atoms with Crippen LogP contribution in [-0.2, 0) is 0 Å². The lowest BCUT2D eigenvalue weighted by atomic mass is 9.49. The Labute approximate surface area is 279 Å². The van der Waals surface area contributed by atoms with Gasteiger partial charge in [-0.05, 0) is 88.0 Å². The van der Waals surface area contributed by atoms with Crippen LogP contribution in [0.25, 0.3) is 67.8 Å². The lowest BCUT2D eigenvalue weighted by Crippen LogP contribution is -2.49. The third kappa shape index (κ3) is 4.89. The molecular formula is C41H27BN6. The van der Waals surface area contributed by atoms with Crippen LogP contribution in [0.15, 0.2) is 164 Å². The fourth-order valence-corrected chi connectivity index (χ4v) is 6.64. The first-order chi connectivity index (χ1) is 23.8. The largest absolute Gasteiger partial charge is 0.383 e. The van der Waals surface area contributed by atoms with Crippen molar-refractivity contribution in [3.05, 3.63) is 164 Å². The van der Waals surface area contributed by atoms with Gasteiger partial charge in [0.25, 0.3) is 0 Å². The van der Waals surface area contributed by atoms with E-state index in [9.17, 15) is 0 Å². The molecule has 0 radical (unpaired) electrons. The first-order valence-electron chi connectivity index (χ1n) is 16.0. The van der Waals surface area contributed by atoms with Gasteiger partial charge in [-0.25, -0.2) is 15.0 Å². The molecule has 3 aromatic heterocycles. The van der Waals surface area contributed by atoms with E-state index >= 15 is 0 Å². The first kappa shape index (κ1) is 27.8. The number of hydrogen-bond donors (Lipinski definition) is 0. The molecule has 224 valence electrons. The summed E-state index contributed by atoms with van der Waals surface area (Å²) in [4.78, 5) is 26.1. The minimum Gasteiger partial charge on any atom is -0.383 e. The number of benzene rings is 4. The Morgan fingerprint density at radius 2 is 1.12 bits per heavy atom. The zero-order valence-electron chi connectivity index (χ0n) is 25.8. The topological polar surface area (TPSA) is 67.7 Å². The van der Waals surface area contributed by atoms with Gasteiger partial charge < -0.3 is 4.81 Å². The van der Waals surface area contributed by atoms with Crippen LogP contribution >= 0.6 is 0 Å². The van der Waals surface area contributed by atoms with E-state index < -0.39 is 0 Å². The highest BCUT2D eigenvalue weighted by atomic mass is 15.1. The second-order valence-corrected chi connectivity index (χ2v) is 11.8. The van der Waals surface area contributed by atoms with Crippen molar-refractivity contribution >= 4 is 18.0 Å². The van der Waals surface area contributed by atoms with Crippen LogP contribution in [0, 0.1) is 0 Å². The average Bonchev–Trinajstić information content (AvgIpc) is 3.18. The molecule has 0 atom stereocenters. The van der Waals surface area contributed by atoms with Crippen molar-refractivity contribution in [3.8, 4) is 67.8 Å². The second-order valence-electron chi connectivity index (χ2n) is 11.8. The van der Waals surface area contributed by atoms with Gasteiger partial charge >= 0.3 is 6.85 Å². The van der Waals surface area contributed by atoms with Gasteiger partial charge in [-0.1, -0.05) is 97.0 Å². The van der Waals surface area contributed by atoms with Crippen LogP contribution in [0.3, 0.4) is 0 Å². The highest BCUT2D eigenvalue weighted by Gasteiger charge is 2.32. The van der Waals surface area contributed by atoms with E-state index in [0.717, 1.165) is 27.8 Å². The van der Waals surface area contributed by atoms with Gasteiger partial charge in [-0.3, -0.25) is 9.97 Å². The molecule has 0 aliphatic carbocycles. The molecule has 7 heteroatoms. The average molecular weight is 615 g/mol. The van der Waals surface area contributed by atoms with Gasteiger partial charge in [-0.2, -0.15) is 0 Å². The quantitative estimate of drug-likeness (QED) is 0.182. The summed E-state index contributed by atoms with van der Waals surface area (Å²) in [6.07, 6.45) is 9.91. The zero-order valence-corrected chi connectivity index (χ0v) is 25.8. The lowest BCUT2D eigenvalue weighted by molar-refractivity contribution is 1.05. The summed E-state index contributed by atoms with van der Waals surface area (Å²) >= 11 is 0.